The highest BCUT2D eigenvalue weighted by Crippen LogP contribution is 2.19. The fraction of sp³-hybridized carbons (Fsp3) is 0.562. The first-order chi connectivity index (χ1) is 10.00. The fourth-order valence-electron chi connectivity index (χ4n) is 2.26. The third-order valence-corrected chi connectivity index (χ3v) is 3.28. The number of rotatable bonds is 5. The van der Waals surface area contributed by atoms with Crippen molar-refractivity contribution >= 4 is 5.91 Å². The molecule has 0 aliphatic carbocycles. The molecule has 1 heterocycles. The van der Waals surface area contributed by atoms with E-state index >= 15 is 0 Å². The van der Waals surface area contributed by atoms with Gasteiger partial charge < -0.3 is 19.1 Å². The van der Waals surface area contributed by atoms with E-state index in [4.69, 9.17) is 14.2 Å². The maximum atomic E-state index is 12.1. The minimum Gasteiger partial charge on any atom is -0.494 e. The molecule has 1 fully saturated rings. The van der Waals surface area contributed by atoms with Crippen molar-refractivity contribution in [2.45, 2.75) is 26.4 Å². The van der Waals surface area contributed by atoms with Gasteiger partial charge in [-0.25, -0.2) is 0 Å². The van der Waals surface area contributed by atoms with Crippen molar-refractivity contribution < 1.29 is 19.0 Å². The Bertz CT molecular complexity index is 470. The summed E-state index contributed by atoms with van der Waals surface area (Å²) in [6, 6.07) is 7.28. The Morgan fingerprint density at radius 3 is 2.43 bits per heavy atom. The zero-order chi connectivity index (χ0) is 15.3. The summed E-state index contributed by atoms with van der Waals surface area (Å²) in [6.07, 6.45) is 0. The fourth-order valence-corrected chi connectivity index (χ4v) is 2.26. The molecule has 1 saturated heterocycles. The minimum absolute atomic E-state index is 0.0136. The summed E-state index contributed by atoms with van der Waals surface area (Å²) < 4.78 is 16.5. The topological polar surface area (TPSA) is 48.0 Å². The van der Waals surface area contributed by atoms with Crippen molar-refractivity contribution in [1.29, 1.82) is 0 Å². The third-order valence-electron chi connectivity index (χ3n) is 3.28. The summed E-state index contributed by atoms with van der Waals surface area (Å²) in [5.74, 6) is 1.45. The molecule has 1 aliphatic heterocycles. The normalized spacial score (nSPS) is 17.4. The van der Waals surface area contributed by atoms with Gasteiger partial charge in [0, 0.05) is 13.1 Å². The SMILES string of the molecule is CCOc1ccc(OCC(=O)N2CCOC(C)(C)C2)cc1. The number of hydrogen-bond donors (Lipinski definition) is 0. The molecule has 1 aliphatic rings. The van der Waals surface area contributed by atoms with Crippen LogP contribution in [0.15, 0.2) is 24.3 Å². The van der Waals surface area contributed by atoms with Gasteiger partial charge in [0.05, 0.1) is 18.8 Å². The van der Waals surface area contributed by atoms with Gasteiger partial charge in [0.2, 0.25) is 0 Å². The number of carbonyl (C=O) groups excluding carboxylic acids is 1. The van der Waals surface area contributed by atoms with E-state index in [1.807, 2.05) is 45.0 Å². The molecule has 21 heavy (non-hydrogen) atoms. The number of morpholine rings is 1. The van der Waals surface area contributed by atoms with E-state index in [1.54, 1.807) is 4.90 Å². The van der Waals surface area contributed by atoms with Crippen LogP contribution in [0.4, 0.5) is 0 Å². The molecule has 0 unspecified atom stereocenters. The molecular formula is C16H23NO4. The maximum absolute atomic E-state index is 12.1. The van der Waals surface area contributed by atoms with Gasteiger partial charge in [-0.15, -0.1) is 0 Å². The highest BCUT2D eigenvalue weighted by Gasteiger charge is 2.29. The van der Waals surface area contributed by atoms with Gasteiger partial charge in [-0.3, -0.25) is 4.79 Å². The predicted octanol–water partition coefficient (Wildman–Crippen LogP) is 2.10. The lowest BCUT2D eigenvalue weighted by Gasteiger charge is -2.38. The van der Waals surface area contributed by atoms with Gasteiger partial charge in [0.25, 0.3) is 5.91 Å². The van der Waals surface area contributed by atoms with Gasteiger partial charge in [-0.1, -0.05) is 0 Å². The quantitative estimate of drug-likeness (QED) is 0.834. The van der Waals surface area contributed by atoms with Crippen LogP contribution in [-0.4, -0.2) is 49.3 Å². The Kier molecular flexibility index (Phi) is 5.07. The highest BCUT2D eigenvalue weighted by atomic mass is 16.5. The number of amides is 1. The minimum atomic E-state index is -0.285. The number of ether oxygens (including phenoxy) is 3. The van der Waals surface area contributed by atoms with Crippen LogP contribution in [-0.2, 0) is 9.53 Å². The monoisotopic (exact) mass is 293 g/mol. The summed E-state index contributed by atoms with van der Waals surface area (Å²) in [5.41, 5.74) is -0.285. The number of benzene rings is 1. The summed E-state index contributed by atoms with van der Waals surface area (Å²) in [4.78, 5) is 13.9. The van der Waals surface area contributed by atoms with E-state index in [0.717, 1.165) is 5.75 Å². The van der Waals surface area contributed by atoms with Crippen LogP contribution in [0.1, 0.15) is 20.8 Å². The lowest BCUT2D eigenvalue weighted by atomic mass is 10.1. The highest BCUT2D eigenvalue weighted by molar-refractivity contribution is 5.78. The summed E-state index contributed by atoms with van der Waals surface area (Å²) in [6.45, 7) is 8.37. The largest absolute Gasteiger partial charge is 0.494 e. The second-order valence-electron chi connectivity index (χ2n) is 5.62. The average molecular weight is 293 g/mol. The molecule has 116 valence electrons. The summed E-state index contributed by atoms with van der Waals surface area (Å²) in [5, 5.41) is 0. The van der Waals surface area contributed by atoms with Crippen molar-refractivity contribution in [3.05, 3.63) is 24.3 Å². The van der Waals surface area contributed by atoms with Gasteiger partial charge >= 0.3 is 0 Å². The number of carbonyl (C=O) groups is 1. The Morgan fingerprint density at radius 2 is 1.86 bits per heavy atom. The Labute approximate surface area is 125 Å². The van der Waals surface area contributed by atoms with E-state index < -0.39 is 0 Å². The molecule has 0 radical (unpaired) electrons. The number of nitrogens with zero attached hydrogens (tertiary/aromatic N) is 1. The van der Waals surface area contributed by atoms with Crippen LogP contribution in [0.2, 0.25) is 0 Å². The molecule has 2 rings (SSSR count). The first-order valence-corrected chi connectivity index (χ1v) is 7.27. The summed E-state index contributed by atoms with van der Waals surface area (Å²) in [7, 11) is 0. The summed E-state index contributed by atoms with van der Waals surface area (Å²) >= 11 is 0. The van der Waals surface area contributed by atoms with Crippen LogP contribution in [0.3, 0.4) is 0 Å². The lowest BCUT2D eigenvalue weighted by Crippen LogP contribution is -2.51. The molecule has 1 amide bonds. The third kappa shape index (κ3) is 4.63. The first kappa shape index (κ1) is 15.6. The maximum Gasteiger partial charge on any atom is 0.260 e. The van der Waals surface area contributed by atoms with E-state index in [0.29, 0.717) is 32.1 Å². The van der Waals surface area contributed by atoms with Gasteiger partial charge in [0.1, 0.15) is 11.5 Å². The molecule has 0 N–H and O–H groups in total. The van der Waals surface area contributed by atoms with Crippen molar-refractivity contribution in [3.63, 3.8) is 0 Å². The van der Waals surface area contributed by atoms with Crippen LogP contribution >= 0.6 is 0 Å². The predicted molar refractivity (Wildman–Crippen MR) is 79.7 cm³/mol. The van der Waals surface area contributed by atoms with Gasteiger partial charge in [-0.2, -0.15) is 0 Å². The van der Waals surface area contributed by atoms with Crippen molar-refractivity contribution in [3.8, 4) is 11.5 Å². The Morgan fingerprint density at radius 1 is 1.24 bits per heavy atom. The molecule has 1 aromatic rings. The standard InChI is InChI=1S/C16H23NO4/c1-4-19-13-5-7-14(8-6-13)20-11-15(18)17-9-10-21-16(2,3)12-17/h5-8H,4,9-12H2,1-3H3. The lowest BCUT2D eigenvalue weighted by molar-refractivity contribution is -0.147. The molecule has 0 atom stereocenters. The zero-order valence-corrected chi connectivity index (χ0v) is 12.9. The van der Waals surface area contributed by atoms with Crippen molar-refractivity contribution in [2.24, 2.45) is 0 Å². The molecule has 0 saturated carbocycles. The van der Waals surface area contributed by atoms with Crippen molar-refractivity contribution in [2.75, 3.05) is 32.9 Å². The van der Waals surface area contributed by atoms with E-state index in [2.05, 4.69) is 0 Å². The molecule has 0 bridgehead atoms. The van der Waals surface area contributed by atoms with Crippen LogP contribution in [0, 0.1) is 0 Å². The second kappa shape index (κ2) is 6.80. The average Bonchev–Trinajstić information content (AvgIpc) is 2.45. The first-order valence-electron chi connectivity index (χ1n) is 7.27. The van der Waals surface area contributed by atoms with Crippen molar-refractivity contribution in [1.82, 2.24) is 4.90 Å². The van der Waals surface area contributed by atoms with Gasteiger partial charge in [-0.05, 0) is 45.0 Å². The second-order valence-corrected chi connectivity index (χ2v) is 5.62. The van der Waals surface area contributed by atoms with Crippen LogP contribution in [0.25, 0.3) is 0 Å². The van der Waals surface area contributed by atoms with Crippen LogP contribution in [0.5, 0.6) is 11.5 Å². The smallest absolute Gasteiger partial charge is 0.260 e. The molecule has 5 nitrogen and oxygen atoms in total. The zero-order valence-electron chi connectivity index (χ0n) is 12.9. The molecular weight excluding hydrogens is 270 g/mol. The van der Waals surface area contributed by atoms with E-state index in [1.165, 1.54) is 0 Å². The molecule has 0 aromatic heterocycles. The van der Waals surface area contributed by atoms with Crippen LogP contribution < -0.4 is 9.47 Å². The molecule has 1 aromatic carbocycles. The Balaban J connectivity index is 1.83. The van der Waals surface area contributed by atoms with E-state index in [9.17, 15) is 4.79 Å². The number of hydrogen-bond acceptors (Lipinski definition) is 4. The van der Waals surface area contributed by atoms with E-state index in [-0.39, 0.29) is 18.1 Å². The van der Waals surface area contributed by atoms with Gasteiger partial charge in [0.15, 0.2) is 6.61 Å². The molecule has 5 heteroatoms. The Hall–Kier alpha value is -1.75. The molecule has 0 spiro atoms.